The van der Waals surface area contributed by atoms with Crippen LogP contribution in [-0.4, -0.2) is 65.7 Å². The van der Waals surface area contributed by atoms with Crippen molar-refractivity contribution in [1.82, 2.24) is 0 Å². The molecule has 0 rings (SSSR count). The summed E-state index contributed by atoms with van der Waals surface area (Å²) in [4.78, 5) is 20.1. The number of carboxylic acids is 2. The Hall–Kier alpha value is 0.692. The fourth-order valence-electron chi connectivity index (χ4n) is 0.0915. The summed E-state index contributed by atoms with van der Waals surface area (Å²) < 4.78 is -1.88. The van der Waals surface area contributed by atoms with Crippen molar-refractivity contribution in [2.75, 3.05) is 0 Å². The van der Waals surface area contributed by atoms with Crippen LogP contribution < -0.4 is 0 Å². The molecule has 0 aromatic carbocycles. The van der Waals surface area contributed by atoms with Crippen LogP contribution >= 0.6 is 38.5 Å². The molecule has 5 N–H and O–H groups in total. The summed E-state index contributed by atoms with van der Waals surface area (Å²) in [5, 5.41) is 37.9. The maximum absolute atomic E-state index is 10.0. The molecule has 0 unspecified atom stereocenters. The van der Waals surface area contributed by atoms with Gasteiger partial charge < -0.3 is 25.3 Å². The monoisotopic (exact) mass is 378 g/mol. The third-order valence-corrected chi connectivity index (χ3v) is 2.14. The van der Waals surface area contributed by atoms with Crippen molar-refractivity contribution in [2.24, 2.45) is 0 Å². The fraction of sp³-hybridized carbons (Fsp3) is 0.333. The summed E-state index contributed by atoms with van der Waals surface area (Å²) in [5.74, 6) is -2.84. The van der Waals surface area contributed by atoms with Gasteiger partial charge in [0.1, 0.15) is 0 Å². The van der Waals surface area contributed by atoms with E-state index in [1.54, 1.807) is 0 Å². The number of aliphatic carboxylic acids is 2. The molecule has 78 valence electrons. The van der Waals surface area contributed by atoms with Crippen molar-refractivity contribution in [1.29, 1.82) is 0 Å². The summed E-state index contributed by atoms with van der Waals surface area (Å²) >= 11 is 3.77. The van der Waals surface area contributed by atoms with Crippen molar-refractivity contribution in [3.05, 3.63) is 0 Å². The Bertz CT molecular complexity index is 181. The Labute approximate surface area is 113 Å². The second kappa shape index (κ2) is 8.96. The van der Waals surface area contributed by atoms with E-state index < -0.39 is 21.6 Å². The summed E-state index contributed by atoms with van der Waals surface area (Å²) in [6.07, 6.45) is 0. The second-order valence-electron chi connectivity index (χ2n) is 1.53. The molecule has 0 atom stereocenters. The van der Waals surface area contributed by atoms with E-state index in [0.717, 1.165) is 0 Å². The quantitative estimate of drug-likeness (QED) is 0.162. The Morgan fingerprint density at radius 1 is 1.14 bits per heavy atom. The van der Waals surface area contributed by atoms with Crippen LogP contribution in [0, 0.1) is 0 Å². The molecular formula is C3H6BBrILiO7. The van der Waals surface area contributed by atoms with Gasteiger partial charge in [-0.3, -0.25) is 0 Å². The summed E-state index contributed by atoms with van der Waals surface area (Å²) in [6.45, 7) is 0. The minimum atomic E-state index is -2.17. The number of hydrogen-bond donors (Lipinski definition) is 5. The molecule has 0 fully saturated rings. The first-order valence-electron chi connectivity index (χ1n) is 2.51. The summed E-state index contributed by atoms with van der Waals surface area (Å²) in [7, 11) is -2.17. The van der Waals surface area contributed by atoms with Crippen LogP contribution in [-0.2, 0) is 9.59 Å². The predicted octanol–water partition coefficient (Wildman–Crippen LogP) is -2.02. The SMILES string of the molecule is O=C(O)C(Br)(I)C(=O)O.OB(O)O.[LiH]. The van der Waals surface area contributed by atoms with Crippen molar-refractivity contribution in [2.45, 2.75) is 2.33 Å². The Morgan fingerprint density at radius 2 is 1.29 bits per heavy atom. The van der Waals surface area contributed by atoms with Gasteiger partial charge in [-0.1, -0.05) is 0 Å². The molecule has 7 nitrogen and oxygen atoms in total. The van der Waals surface area contributed by atoms with Crippen LogP contribution in [0.1, 0.15) is 0 Å². The first-order valence-corrected chi connectivity index (χ1v) is 4.38. The normalized spacial score (nSPS) is 8.93. The molecule has 0 bridgehead atoms. The van der Waals surface area contributed by atoms with Gasteiger partial charge in [-0.05, 0) is 38.5 Å². The fourth-order valence-corrected chi connectivity index (χ4v) is 0.0915. The van der Waals surface area contributed by atoms with Crippen LogP contribution in [0.5, 0.6) is 0 Å². The maximum atomic E-state index is 10.0. The number of halogens is 2. The van der Waals surface area contributed by atoms with Crippen LogP contribution in [0.15, 0.2) is 0 Å². The molecule has 0 amide bonds. The van der Waals surface area contributed by atoms with Gasteiger partial charge in [0.15, 0.2) is 0 Å². The zero-order valence-electron chi connectivity index (χ0n) is 5.89. The molecule has 11 heteroatoms. The van der Waals surface area contributed by atoms with Crippen LogP contribution in [0.2, 0.25) is 0 Å². The van der Waals surface area contributed by atoms with Crippen molar-refractivity contribution < 1.29 is 34.9 Å². The van der Waals surface area contributed by atoms with E-state index >= 15 is 0 Å². The van der Waals surface area contributed by atoms with E-state index in [1.165, 1.54) is 22.6 Å². The molecule has 0 spiro atoms. The summed E-state index contributed by atoms with van der Waals surface area (Å²) in [5.41, 5.74) is 0. The van der Waals surface area contributed by atoms with Crippen molar-refractivity contribution in [3.63, 3.8) is 0 Å². The molecule has 0 aliphatic carbocycles. The molecule has 0 aliphatic rings. The molecule has 0 saturated carbocycles. The second-order valence-corrected chi connectivity index (χ2v) is 5.82. The zero-order valence-corrected chi connectivity index (χ0v) is 9.63. The summed E-state index contributed by atoms with van der Waals surface area (Å²) in [6, 6.07) is 0. The molecule has 14 heavy (non-hydrogen) atoms. The molecular weight excluding hydrogens is 373 g/mol. The number of rotatable bonds is 2. The van der Waals surface area contributed by atoms with Crippen molar-refractivity contribution >= 4 is 76.6 Å². The average molecular weight is 379 g/mol. The van der Waals surface area contributed by atoms with Crippen LogP contribution in [0.4, 0.5) is 0 Å². The third kappa shape index (κ3) is 10.8. The number of carboxylic acid groups (broad SMARTS) is 2. The molecule has 0 saturated heterocycles. The van der Waals surface area contributed by atoms with Gasteiger partial charge in [-0.25, -0.2) is 9.59 Å². The first-order chi connectivity index (χ1) is 5.62. The van der Waals surface area contributed by atoms with Gasteiger partial charge in [0, 0.05) is 0 Å². The average Bonchev–Trinajstić information content (AvgIpc) is 1.85. The van der Waals surface area contributed by atoms with Gasteiger partial charge in [0.25, 0.3) is 2.33 Å². The van der Waals surface area contributed by atoms with E-state index in [0.29, 0.717) is 0 Å². The van der Waals surface area contributed by atoms with E-state index in [2.05, 4.69) is 15.9 Å². The van der Waals surface area contributed by atoms with Gasteiger partial charge in [-0.15, -0.1) is 0 Å². The molecule has 0 aromatic rings. The molecule has 0 aromatic heterocycles. The van der Waals surface area contributed by atoms with Gasteiger partial charge >= 0.3 is 38.1 Å². The Morgan fingerprint density at radius 3 is 1.29 bits per heavy atom. The molecule has 0 radical (unpaired) electrons. The zero-order chi connectivity index (χ0) is 11.2. The first kappa shape index (κ1) is 20.1. The van der Waals surface area contributed by atoms with Gasteiger partial charge in [0.2, 0.25) is 0 Å². The van der Waals surface area contributed by atoms with Crippen LogP contribution in [0.25, 0.3) is 0 Å². The van der Waals surface area contributed by atoms with E-state index in [4.69, 9.17) is 25.3 Å². The third-order valence-electron chi connectivity index (χ3n) is 0.537. The van der Waals surface area contributed by atoms with Gasteiger partial charge in [0.05, 0.1) is 0 Å². The topological polar surface area (TPSA) is 135 Å². The predicted molar refractivity (Wildman–Crippen MR) is 60.5 cm³/mol. The minimum absolute atomic E-state index is 0. The van der Waals surface area contributed by atoms with E-state index in [1.807, 2.05) is 0 Å². The van der Waals surface area contributed by atoms with Crippen molar-refractivity contribution in [3.8, 4) is 0 Å². The van der Waals surface area contributed by atoms with E-state index in [-0.39, 0.29) is 18.9 Å². The van der Waals surface area contributed by atoms with E-state index in [9.17, 15) is 9.59 Å². The van der Waals surface area contributed by atoms with Gasteiger partial charge in [-0.2, -0.15) is 0 Å². The number of carbonyl (C=O) groups is 2. The standard InChI is InChI=1S/C3H2BrIO4.BH3O3.Li.H/c4-3(5,1(6)7)2(8)9;2-1(3)4;;/h(H,6,7)(H,8,9);2-4H;;. The number of alkyl halides is 2. The van der Waals surface area contributed by atoms with Crippen LogP contribution in [0.3, 0.4) is 0 Å². The number of hydrogen-bond acceptors (Lipinski definition) is 5. The Balaban J connectivity index is -0.000000209. The Kier molecular flexibility index (Phi) is 12.9. The molecule has 0 heterocycles. The molecule has 0 aliphatic heterocycles.